The van der Waals surface area contributed by atoms with Gasteiger partial charge >= 0.3 is 6.18 Å². The first-order chi connectivity index (χ1) is 11.1. The van der Waals surface area contributed by atoms with E-state index in [4.69, 9.17) is 0 Å². The molecule has 0 heterocycles. The van der Waals surface area contributed by atoms with Crippen LogP contribution in [-0.2, 0) is 0 Å². The van der Waals surface area contributed by atoms with Crippen molar-refractivity contribution in [2.24, 2.45) is 0 Å². The molecule has 24 heavy (non-hydrogen) atoms. The predicted octanol–water partition coefficient (Wildman–Crippen LogP) is 4.74. The Morgan fingerprint density at radius 2 is 2.04 bits per heavy atom. The summed E-state index contributed by atoms with van der Waals surface area (Å²) in [6, 6.07) is 3.63. The third-order valence-corrected chi connectivity index (χ3v) is 4.32. The molecule has 134 valence electrons. The summed E-state index contributed by atoms with van der Waals surface area (Å²) in [4.78, 5) is 10.2. The molecule has 8 heteroatoms. The van der Waals surface area contributed by atoms with Crippen molar-refractivity contribution in [1.82, 2.24) is 0 Å². The highest BCUT2D eigenvalue weighted by molar-refractivity contribution is 7.98. The molecule has 0 saturated heterocycles. The first-order valence-corrected chi connectivity index (χ1v) is 8.72. The zero-order valence-corrected chi connectivity index (χ0v) is 14.5. The van der Waals surface area contributed by atoms with E-state index in [1.54, 1.807) is 0 Å². The first kappa shape index (κ1) is 20.5. The van der Waals surface area contributed by atoms with Crippen LogP contribution in [0.2, 0.25) is 0 Å². The Labute approximate surface area is 142 Å². The van der Waals surface area contributed by atoms with Crippen molar-refractivity contribution in [2.45, 2.75) is 38.5 Å². The number of alkyl halides is 3. The summed E-state index contributed by atoms with van der Waals surface area (Å²) >= 11 is 0.887. The molecule has 0 amide bonds. The number of unbranched alkanes of at least 4 members (excludes halogenated alkanes) is 1. The lowest BCUT2D eigenvalue weighted by atomic mass is 9.85. The lowest BCUT2D eigenvalue weighted by molar-refractivity contribution is -0.384. The summed E-state index contributed by atoms with van der Waals surface area (Å²) in [7, 11) is 0. The van der Waals surface area contributed by atoms with Crippen LogP contribution in [0.25, 0.3) is 5.57 Å². The van der Waals surface area contributed by atoms with Gasteiger partial charge in [-0.25, -0.2) is 0 Å². The molecule has 1 unspecified atom stereocenters. The van der Waals surface area contributed by atoms with Crippen LogP contribution in [0.15, 0.2) is 24.3 Å². The number of nitro benzene ring substituents is 1. The van der Waals surface area contributed by atoms with Gasteiger partial charge in [0.2, 0.25) is 0 Å². The van der Waals surface area contributed by atoms with E-state index in [1.807, 2.05) is 6.92 Å². The number of non-ortho nitro benzene ring substituents is 1. The number of nitro groups is 1. The molecule has 1 rings (SSSR count). The monoisotopic (exact) mass is 363 g/mol. The quantitative estimate of drug-likeness (QED) is 0.561. The molecule has 0 aliphatic carbocycles. The van der Waals surface area contributed by atoms with E-state index in [1.165, 1.54) is 31.4 Å². The second-order valence-corrected chi connectivity index (χ2v) is 6.32. The summed E-state index contributed by atoms with van der Waals surface area (Å²) in [5.74, 6) is -0.553. The van der Waals surface area contributed by atoms with Crippen molar-refractivity contribution < 1.29 is 23.2 Å². The van der Waals surface area contributed by atoms with E-state index in [2.05, 4.69) is 0 Å². The molecule has 0 aliphatic rings. The van der Waals surface area contributed by atoms with Gasteiger partial charge in [0.25, 0.3) is 5.69 Å². The van der Waals surface area contributed by atoms with E-state index in [0.717, 1.165) is 17.8 Å². The Hall–Kier alpha value is -1.54. The van der Waals surface area contributed by atoms with Crippen molar-refractivity contribution in [3.8, 4) is 0 Å². The molecule has 1 aromatic carbocycles. The fourth-order valence-corrected chi connectivity index (χ4v) is 3.11. The molecule has 4 nitrogen and oxygen atoms in total. The number of hydrogen-bond acceptors (Lipinski definition) is 4. The molecular formula is C16H20F3NO3S. The topological polar surface area (TPSA) is 63.4 Å². The van der Waals surface area contributed by atoms with Crippen LogP contribution in [-0.4, -0.2) is 33.8 Å². The normalized spacial score (nSPS) is 15.2. The lowest BCUT2D eigenvalue weighted by Crippen LogP contribution is -2.48. The van der Waals surface area contributed by atoms with Crippen molar-refractivity contribution in [3.63, 3.8) is 0 Å². The highest BCUT2D eigenvalue weighted by Crippen LogP contribution is 2.44. The van der Waals surface area contributed by atoms with Gasteiger partial charge < -0.3 is 5.11 Å². The van der Waals surface area contributed by atoms with Crippen molar-refractivity contribution in [2.75, 3.05) is 12.0 Å². The molecule has 0 bridgehead atoms. The van der Waals surface area contributed by atoms with E-state index < -0.39 is 22.5 Å². The predicted molar refractivity (Wildman–Crippen MR) is 90.1 cm³/mol. The maximum absolute atomic E-state index is 13.6. The highest BCUT2D eigenvalue weighted by Gasteiger charge is 2.56. The molecule has 0 aliphatic heterocycles. The Balaban J connectivity index is 3.55. The van der Waals surface area contributed by atoms with Crippen LogP contribution in [0.1, 0.15) is 30.9 Å². The minimum Gasteiger partial charge on any atom is -0.376 e. The van der Waals surface area contributed by atoms with Crippen molar-refractivity contribution in [3.05, 3.63) is 45.5 Å². The fourth-order valence-electron chi connectivity index (χ4n) is 2.38. The average molecular weight is 363 g/mol. The number of aliphatic hydroxyl groups is 1. The van der Waals surface area contributed by atoms with E-state index in [0.29, 0.717) is 18.4 Å². The number of rotatable bonds is 7. The van der Waals surface area contributed by atoms with Gasteiger partial charge in [0.05, 0.1) is 4.92 Å². The summed E-state index contributed by atoms with van der Waals surface area (Å²) < 4.78 is 40.7. The minimum atomic E-state index is -4.86. The van der Waals surface area contributed by atoms with Crippen LogP contribution in [0, 0.1) is 17.0 Å². The van der Waals surface area contributed by atoms with Gasteiger partial charge in [-0.05, 0) is 42.4 Å². The van der Waals surface area contributed by atoms with Crippen LogP contribution < -0.4 is 0 Å². The molecule has 0 saturated carbocycles. The highest BCUT2D eigenvalue weighted by atomic mass is 32.2. The summed E-state index contributed by atoms with van der Waals surface area (Å²) in [6.07, 6.45) is -1.03. The number of thioether (sulfide) groups is 1. The number of nitrogens with zero attached hydrogens (tertiary/aromatic N) is 1. The van der Waals surface area contributed by atoms with Gasteiger partial charge in [0.1, 0.15) is 0 Å². The Morgan fingerprint density at radius 1 is 1.42 bits per heavy atom. The van der Waals surface area contributed by atoms with Gasteiger partial charge in [-0.3, -0.25) is 10.1 Å². The first-order valence-electron chi connectivity index (χ1n) is 7.32. The number of hydrogen-bond donors (Lipinski definition) is 1. The third-order valence-electron chi connectivity index (χ3n) is 3.62. The largest absolute Gasteiger partial charge is 0.422 e. The van der Waals surface area contributed by atoms with Gasteiger partial charge in [0, 0.05) is 17.9 Å². The van der Waals surface area contributed by atoms with E-state index in [-0.39, 0.29) is 16.8 Å². The number of benzene rings is 1. The maximum Gasteiger partial charge on any atom is 0.422 e. The second-order valence-electron chi connectivity index (χ2n) is 5.45. The van der Waals surface area contributed by atoms with Gasteiger partial charge in [-0.15, -0.1) is 0 Å². The van der Waals surface area contributed by atoms with Gasteiger partial charge in [-0.2, -0.15) is 24.9 Å². The zero-order chi connectivity index (χ0) is 18.5. The molecule has 0 fully saturated rings. The average Bonchev–Trinajstić information content (AvgIpc) is 2.47. The van der Waals surface area contributed by atoms with Gasteiger partial charge in [-0.1, -0.05) is 19.4 Å². The Kier molecular flexibility index (Phi) is 6.86. The SMILES string of the molecule is CCC/C=C(\c1ccc([N+](=O)[O-])cc1C)C(O)(CSC)C(F)(F)F. The molecule has 1 aromatic rings. The van der Waals surface area contributed by atoms with E-state index in [9.17, 15) is 28.4 Å². The van der Waals surface area contributed by atoms with Crippen molar-refractivity contribution >= 4 is 23.0 Å². The van der Waals surface area contributed by atoms with Crippen LogP contribution >= 0.6 is 11.8 Å². The zero-order valence-electron chi connectivity index (χ0n) is 13.7. The molecule has 0 aromatic heterocycles. The molecule has 1 atom stereocenters. The summed E-state index contributed by atoms with van der Waals surface area (Å²) in [6.45, 7) is 3.32. The number of halogens is 3. The third kappa shape index (κ3) is 4.30. The van der Waals surface area contributed by atoms with E-state index >= 15 is 0 Å². The van der Waals surface area contributed by atoms with Crippen molar-refractivity contribution in [1.29, 1.82) is 0 Å². The van der Waals surface area contributed by atoms with Crippen LogP contribution in [0.3, 0.4) is 0 Å². The molecule has 0 radical (unpaired) electrons. The standard InChI is InChI=1S/C16H20F3NO3S/c1-4-5-6-14(15(21,10-24-3)16(17,18)19)13-8-7-12(20(22)23)9-11(13)2/h6-9,21H,4-5,10H2,1-3H3/b14-6+. The Bertz CT molecular complexity index is 631. The molecular weight excluding hydrogens is 343 g/mol. The Morgan fingerprint density at radius 3 is 2.46 bits per heavy atom. The lowest BCUT2D eigenvalue weighted by Gasteiger charge is -2.33. The van der Waals surface area contributed by atoms with Crippen LogP contribution in [0.5, 0.6) is 0 Å². The smallest absolute Gasteiger partial charge is 0.376 e. The summed E-state index contributed by atoms with van der Waals surface area (Å²) in [5.41, 5.74) is -2.98. The minimum absolute atomic E-state index is 0.169. The maximum atomic E-state index is 13.6. The van der Waals surface area contributed by atoms with Crippen LogP contribution in [0.4, 0.5) is 18.9 Å². The molecule has 1 N–H and O–H groups in total. The number of aryl methyl sites for hydroxylation is 1. The fraction of sp³-hybridized carbons (Fsp3) is 0.500. The second kappa shape index (κ2) is 8.02. The molecule has 0 spiro atoms. The van der Waals surface area contributed by atoms with Gasteiger partial charge in [0.15, 0.2) is 5.60 Å². The summed E-state index contributed by atoms with van der Waals surface area (Å²) in [5, 5.41) is 21.3. The number of allylic oxidation sites excluding steroid dienone is 1.